The molecule has 0 bridgehead atoms. The third-order valence-electron chi connectivity index (χ3n) is 2.89. The van der Waals surface area contributed by atoms with E-state index < -0.39 is 0 Å². The number of hydrogen-bond donors (Lipinski definition) is 0. The van der Waals surface area contributed by atoms with E-state index in [0.29, 0.717) is 12.2 Å². The van der Waals surface area contributed by atoms with Gasteiger partial charge >= 0.3 is 0 Å². The van der Waals surface area contributed by atoms with Gasteiger partial charge in [0.2, 0.25) is 0 Å². The van der Waals surface area contributed by atoms with Crippen LogP contribution in [-0.2, 0) is 6.42 Å². The van der Waals surface area contributed by atoms with Crippen LogP contribution in [0.5, 0.6) is 0 Å². The van der Waals surface area contributed by atoms with Crippen LogP contribution in [0.3, 0.4) is 0 Å². The number of ketones is 1. The van der Waals surface area contributed by atoms with Gasteiger partial charge in [0.15, 0.2) is 5.78 Å². The second-order valence-corrected chi connectivity index (χ2v) is 3.78. The molecule has 0 N–H and O–H groups in total. The van der Waals surface area contributed by atoms with Gasteiger partial charge in [0.25, 0.3) is 0 Å². The molecule has 0 fully saturated rings. The van der Waals surface area contributed by atoms with Crippen LogP contribution in [0.2, 0.25) is 0 Å². The molecular weight excluding hydrogens is 172 g/mol. The second kappa shape index (κ2) is 2.68. The Bertz CT molecular complexity index is 526. The molecule has 0 spiro atoms. The third-order valence-corrected chi connectivity index (χ3v) is 2.89. The molecule has 0 aliphatic heterocycles. The SMILES string of the molecule is O=C1CCc2cc3ccccc3cc21. The zero-order chi connectivity index (χ0) is 9.54. The Morgan fingerprint density at radius 3 is 2.43 bits per heavy atom. The van der Waals surface area contributed by atoms with Crippen LogP contribution in [0.1, 0.15) is 22.3 Å². The van der Waals surface area contributed by atoms with Crippen LogP contribution < -0.4 is 0 Å². The fourth-order valence-electron chi connectivity index (χ4n) is 2.14. The number of hydrogen-bond acceptors (Lipinski definition) is 1. The maximum Gasteiger partial charge on any atom is 0.163 e. The van der Waals surface area contributed by atoms with Gasteiger partial charge in [-0.15, -0.1) is 0 Å². The summed E-state index contributed by atoms with van der Waals surface area (Å²) < 4.78 is 0. The summed E-state index contributed by atoms with van der Waals surface area (Å²) >= 11 is 0. The highest BCUT2D eigenvalue weighted by molar-refractivity contribution is 6.04. The molecular formula is C13H10O. The molecule has 0 heterocycles. The molecule has 1 nitrogen and oxygen atoms in total. The summed E-state index contributed by atoms with van der Waals surface area (Å²) in [7, 11) is 0. The maximum atomic E-state index is 11.5. The molecule has 68 valence electrons. The van der Waals surface area contributed by atoms with Gasteiger partial charge in [-0.05, 0) is 28.8 Å². The normalized spacial score (nSPS) is 14.7. The van der Waals surface area contributed by atoms with Crippen molar-refractivity contribution in [3.63, 3.8) is 0 Å². The monoisotopic (exact) mass is 182 g/mol. The van der Waals surface area contributed by atoms with Gasteiger partial charge in [0.1, 0.15) is 0 Å². The lowest BCUT2D eigenvalue weighted by Crippen LogP contribution is -1.90. The Labute approximate surface area is 82.4 Å². The Morgan fingerprint density at radius 2 is 1.64 bits per heavy atom. The molecule has 0 saturated carbocycles. The summed E-state index contributed by atoms with van der Waals surface area (Å²) in [6.07, 6.45) is 1.60. The molecule has 0 amide bonds. The van der Waals surface area contributed by atoms with Crippen molar-refractivity contribution in [3.8, 4) is 0 Å². The summed E-state index contributed by atoms with van der Waals surface area (Å²) in [5.74, 6) is 0.297. The zero-order valence-corrected chi connectivity index (χ0v) is 7.79. The van der Waals surface area contributed by atoms with E-state index in [1.165, 1.54) is 16.3 Å². The fourth-order valence-corrected chi connectivity index (χ4v) is 2.14. The Hall–Kier alpha value is -1.63. The van der Waals surface area contributed by atoms with Gasteiger partial charge in [0.05, 0.1) is 0 Å². The first-order valence-corrected chi connectivity index (χ1v) is 4.89. The maximum absolute atomic E-state index is 11.5. The van der Waals surface area contributed by atoms with Crippen molar-refractivity contribution in [2.45, 2.75) is 12.8 Å². The van der Waals surface area contributed by atoms with E-state index in [4.69, 9.17) is 0 Å². The van der Waals surface area contributed by atoms with Gasteiger partial charge in [-0.1, -0.05) is 30.3 Å². The Kier molecular flexibility index (Phi) is 1.48. The number of carbonyl (C=O) groups is 1. The van der Waals surface area contributed by atoms with Gasteiger partial charge in [-0.2, -0.15) is 0 Å². The molecule has 2 aromatic rings. The van der Waals surface area contributed by atoms with Gasteiger partial charge < -0.3 is 0 Å². The lowest BCUT2D eigenvalue weighted by molar-refractivity contribution is 0.0994. The van der Waals surface area contributed by atoms with Crippen molar-refractivity contribution in [3.05, 3.63) is 47.5 Å². The fraction of sp³-hybridized carbons (Fsp3) is 0.154. The summed E-state index contributed by atoms with van der Waals surface area (Å²) in [4.78, 5) is 11.5. The van der Waals surface area contributed by atoms with E-state index in [0.717, 1.165) is 12.0 Å². The highest BCUT2D eigenvalue weighted by Crippen LogP contribution is 2.27. The minimum atomic E-state index is 0.297. The molecule has 1 aliphatic carbocycles. The number of Topliss-reactive ketones (excluding diaryl/α,β-unsaturated/α-hetero) is 1. The van der Waals surface area contributed by atoms with E-state index in [1.54, 1.807) is 0 Å². The first kappa shape index (κ1) is 7.74. The average Bonchev–Trinajstić information content (AvgIpc) is 2.57. The van der Waals surface area contributed by atoms with Crippen LogP contribution in [0.15, 0.2) is 36.4 Å². The third kappa shape index (κ3) is 0.987. The summed E-state index contributed by atoms with van der Waals surface area (Å²) in [6.45, 7) is 0. The highest BCUT2D eigenvalue weighted by Gasteiger charge is 2.19. The number of carbonyl (C=O) groups excluding carboxylic acids is 1. The lowest BCUT2D eigenvalue weighted by atomic mass is 10.0. The number of fused-ring (bicyclic) bond motifs is 2. The standard InChI is InChI=1S/C13H10O/c14-13-6-5-11-7-9-3-1-2-4-10(9)8-12(11)13/h1-4,7-8H,5-6H2. The van der Waals surface area contributed by atoms with E-state index in [1.807, 2.05) is 18.2 Å². The molecule has 1 heteroatoms. The number of benzene rings is 2. The zero-order valence-electron chi connectivity index (χ0n) is 7.79. The minimum Gasteiger partial charge on any atom is -0.294 e. The molecule has 0 saturated heterocycles. The first-order chi connectivity index (χ1) is 6.84. The van der Waals surface area contributed by atoms with E-state index >= 15 is 0 Å². The van der Waals surface area contributed by atoms with Crippen molar-refractivity contribution < 1.29 is 4.79 Å². The topological polar surface area (TPSA) is 17.1 Å². The summed E-state index contributed by atoms with van der Waals surface area (Å²) in [5, 5.41) is 2.41. The van der Waals surface area contributed by atoms with Crippen molar-refractivity contribution in [2.24, 2.45) is 0 Å². The van der Waals surface area contributed by atoms with E-state index in [-0.39, 0.29) is 0 Å². The van der Waals surface area contributed by atoms with E-state index in [2.05, 4.69) is 18.2 Å². The van der Waals surface area contributed by atoms with Crippen molar-refractivity contribution >= 4 is 16.6 Å². The van der Waals surface area contributed by atoms with Gasteiger partial charge in [-0.3, -0.25) is 4.79 Å². The van der Waals surface area contributed by atoms with Crippen molar-refractivity contribution in [1.82, 2.24) is 0 Å². The molecule has 0 atom stereocenters. The molecule has 1 aliphatic rings. The Balaban J connectivity index is 2.38. The lowest BCUT2D eigenvalue weighted by Gasteiger charge is -2.01. The molecule has 0 aromatic heterocycles. The largest absolute Gasteiger partial charge is 0.294 e. The minimum absolute atomic E-state index is 0.297. The summed E-state index contributed by atoms with van der Waals surface area (Å²) in [6, 6.07) is 12.4. The summed E-state index contributed by atoms with van der Waals surface area (Å²) in [5.41, 5.74) is 2.15. The average molecular weight is 182 g/mol. The number of aryl methyl sites for hydroxylation is 1. The van der Waals surface area contributed by atoms with Crippen LogP contribution in [0.25, 0.3) is 10.8 Å². The molecule has 14 heavy (non-hydrogen) atoms. The van der Waals surface area contributed by atoms with Crippen LogP contribution in [0.4, 0.5) is 0 Å². The van der Waals surface area contributed by atoms with Crippen molar-refractivity contribution in [2.75, 3.05) is 0 Å². The first-order valence-electron chi connectivity index (χ1n) is 4.89. The van der Waals surface area contributed by atoms with Crippen LogP contribution in [0, 0.1) is 0 Å². The van der Waals surface area contributed by atoms with Gasteiger partial charge in [-0.25, -0.2) is 0 Å². The molecule has 3 rings (SSSR count). The van der Waals surface area contributed by atoms with Gasteiger partial charge in [0, 0.05) is 12.0 Å². The molecule has 2 aromatic carbocycles. The number of rotatable bonds is 0. The predicted molar refractivity (Wildman–Crippen MR) is 56.6 cm³/mol. The second-order valence-electron chi connectivity index (χ2n) is 3.78. The Morgan fingerprint density at radius 1 is 0.929 bits per heavy atom. The van der Waals surface area contributed by atoms with Crippen LogP contribution >= 0.6 is 0 Å². The van der Waals surface area contributed by atoms with Crippen LogP contribution in [-0.4, -0.2) is 5.78 Å². The smallest absolute Gasteiger partial charge is 0.163 e. The molecule has 0 unspecified atom stereocenters. The predicted octanol–water partition coefficient (Wildman–Crippen LogP) is 2.97. The quantitative estimate of drug-likeness (QED) is 0.612. The van der Waals surface area contributed by atoms with E-state index in [9.17, 15) is 4.79 Å². The van der Waals surface area contributed by atoms with Crippen molar-refractivity contribution in [1.29, 1.82) is 0 Å². The molecule has 0 radical (unpaired) electrons. The highest BCUT2D eigenvalue weighted by atomic mass is 16.1.